The van der Waals surface area contributed by atoms with Crippen molar-refractivity contribution in [3.63, 3.8) is 0 Å². The Morgan fingerprint density at radius 2 is 1.74 bits per heavy atom. The average molecular weight is 331 g/mol. The van der Waals surface area contributed by atoms with Crippen molar-refractivity contribution in [3.8, 4) is 0 Å². The second-order valence-electron chi connectivity index (χ2n) is 6.29. The molecule has 120 valence electrons. The van der Waals surface area contributed by atoms with E-state index in [1.807, 2.05) is 32.9 Å². The molecule has 7 heteroatoms. The molecule has 0 atom stereocenters. The quantitative estimate of drug-likeness (QED) is 0.796. The fourth-order valence-corrected chi connectivity index (χ4v) is 3.66. The second-order valence-corrected chi connectivity index (χ2v) is 7.94. The third-order valence-electron chi connectivity index (χ3n) is 3.52. The zero-order valence-corrected chi connectivity index (χ0v) is 13.9. The predicted octanol–water partition coefficient (Wildman–Crippen LogP) is 3.32. The largest absolute Gasteiger partial charge is 0.279 e. The minimum absolute atomic E-state index is 0.0416. The molecule has 1 aromatic heterocycles. The van der Waals surface area contributed by atoms with Crippen LogP contribution in [0.15, 0.2) is 52.0 Å². The molecule has 0 saturated carbocycles. The highest BCUT2D eigenvalue weighted by molar-refractivity contribution is 7.93. The van der Waals surface area contributed by atoms with Crippen molar-refractivity contribution in [2.45, 2.75) is 31.1 Å². The number of rotatable bonds is 3. The van der Waals surface area contributed by atoms with Gasteiger partial charge in [0.05, 0.1) is 5.69 Å². The van der Waals surface area contributed by atoms with Gasteiger partial charge >= 0.3 is 0 Å². The van der Waals surface area contributed by atoms with Crippen LogP contribution < -0.4 is 4.72 Å². The number of anilines is 1. The molecule has 0 aliphatic carbocycles. The molecule has 0 radical (unpaired) electrons. The molecule has 1 N–H and O–H groups in total. The van der Waals surface area contributed by atoms with Gasteiger partial charge in [-0.25, -0.2) is 13.0 Å². The van der Waals surface area contributed by atoms with Gasteiger partial charge in [0, 0.05) is 0 Å². The van der Waals surface area contributed by atoms with Crippen LogP contribution in [0, 0.1) is 0 Å². The zero-order valence-electron chi connectivity index (χ0n) is 13.1. The number of para-hydroxylation sites is 1. The summed E-state index contributed by atoms with van der Waals surface area (Å²) in [6.07, 6.45) is 0. The van der Waals surface area contributed by atoms with Gasteiger partial charge in [0.15, 0.2) is 5.52 Å². The third kappa shape index (κ3) is 2.92. The van der Waals surface area contributed by atoms with E-state index in [2.05, 4.69) is 19.7 Å². The summed E-state index contributed by atoms with van der Waals surface area (Å²) in [4.78, 5) is 0.0416. The normalized spacial score (nSPS) is 12.5. The van der Waals surface area contributed by atoms with Crippen molar-refractivity contribution < 1.29 is 13.0 Å². The maximum Gasteiger partial charge on any atom is 0.264 e. The van der Waals surface area contributed by atoms with Gasteiger partial charge in [-0.3, -0.25) is 4.72 Å². The molecule has 0 aliphatic heterocycles. The summed E-state index contributed by atoms with van der Waals surface area (Å²) in [5.41, 5.74) is 1.88. The number of hydrogen-bond donors (Lipinski definition) is 1. The first-order valence-corrected chi connectivity index (χ1v) is 8.61. The van der Waals surface area contributed by atoms with E-state index in [1.165, 1.54) is 6.07 Å². The lowest BCUT2D eigenvalue weighted by Crippen LogP contribution is -2.19. The Bertz CT molecular complexity index is 956. The predicted molar refractivity (Wildman–Crippen MR) is 87.8 cm³/mol. The Hall–Kier alpha value is -2.41. The molecule has 0 saturated heterocycles. The maximum absolute atomic E-state index is 12.8. The van der Waals surface area contributed by atoms with Crippen molar-refractivity contribution in [3.05, 3.63) is 48.0 Å². The summed E-state index contributed by atoms with van der Waals surface area (Å²) in [6.45, 7) is 6.09. The fraction of sp³-hybridized carbons (Fsp3) is 0.250. The summed E-state index contributed by atoms with van der Waals surface area (Å²) in [6, 6.07) is 12.1. The van der Waals surface area contributed by atoms with Gasteiger partial charge in [0.1, 0.15) is 10.4 Å². The van der Waals surface area contributed by atoms with Gasteiger partial charge in [0.25, 0.3) is 10.0 Å². The highest BCUT2D eigenvalue weighted by Crippen LogP contribution is 2.31. The molecule has 2 aromatic carbocycles. The Kier molecular flexibility index (Phi) is 3.60. The SMILES string of the molecule is CC(C)(C)c1ccccc1NS(=O)(=O)c1cccc2nonc12. The topological polar surface area (TPSA) is 85.1 Å². The van der Waals surface area contributed by atoms with Crippen LogP contribution in [0.25, 0.3) is 11.0 Å². The van der Waals surface area contributed by atoms with Crippen LogP contribution >= 0.6 is 0 Å². The van der Waals surface area contributed by atoms with Gasteiger partial charge in [-0.2, -0.15) is 0 Å². The number of nitrogens with zero attached hydrogens (tertiary/aromatic N) is 2. The Morgan fingerprint density at radius 1 is 1.00 bits per heavy atom. The van der Waals surface area contributed by atoms with Crippen LogP contribution in [0.4, 0.5) is 5.69 Å². The van der Waals surface area contributed by atoms with E-state index in [0.717, 1.165) is 5.56 Å². The summed E-state index contributed by atoms with van der Waals surface area (Å²) in [7, 11) is -3.81. The van der Waals surface area contributed by atoms with E-state index in [4.69, 9.17) is 0 Å². The van der Waals surface area contributed by atoms with Crippen LogP contribution in [0.1, 0.15) is 26.3 Å². The van der Waals surface area contributed by atoms with Crippen molar-refractivity contribution in [2.75, 3.05) is 4.72 Å². The standard InChI is InChI=1S/C16H17N3O3S/c1-16(2,3)11-7-4-5-8-12(11)19-23(20,21)14-10-6-9-13-15(14)18-22-17-13/h4-10,19H,1-3H3. The number of fused-ring (bicyclic) bond motifs is 1. The van der Waals surface area contributed by atoms with Gasteiger partial charge < -0.3 is 0 Å². The van der Waals surface area contributed by atoms with E-state index < -0.39 is 10.0 Å². The number of benzene rings is 2. The van der Waals surface area contributed by atoms with E-state index in [1.54, 1.807) is 24.3 Å². The molecule has 0 unspecified atom stereocenters. The summed E-state index contributed by atoms with van der Waals surface area (Å²) in [5.74, 6) is 0. The highest BCUT2D eigenvalue weighted by Gasteiger charge is 2.24. The van der Waals surface area contributed by atoms with Crippen LogP contribution in [-0.4, -0.2) is 18.7 Å². The first-order chi connectivity index (χ1) is 10.8. The van der Waals surface area contributed by atoms with Gasteiger partial charge in [0.2, 0.25) is 0 Å². The number of nitrogens with one attached hydrogen (secondary N) is 1. The van der Waals surface area contributed by atoms with Gasteiger partial charge in [-0.05, 0) is 39.5 Å². The fourth-order valence-electron chi connectivity index (χ4n) is 2.42. The van der Waals surface area contributed by atoms with Crippen molar-refractivity contribution >= 4 is 26.7 Å². The zero-order chi connectivity index (χ0) is 16.7. The van der Waals surface area contributed by atoms with Crippen molar-refractivity contribution in [1.29, 1.82) is 0 Å². The van der Waals surface area contributed by atoms with Crippen LogP contribution in [0.5, 0.6) is 0 Å². The van der Waals surface area contributed by atoms with Gasteiger partial charge in [-0.15, -0.1) is 0 Å². The summed E-state index contributed by atoms with van der Waals surface area (Å²) < 4.78 is 32.8. The van der Waals surface area contributed by atoms with Crippen LogP contribution in [0.3, 0.4) is 0 Å². The first kappa shape index (κ1) is 15.5. The minimum Gasteiger partial charge on any atom is -0.279 e. The lowest BCUT2D eigenvalue weighted by molar-refractivity contribution is 0.315. The molecule has 23 heavy (non-hydrogen) atoms. The van der Waals surface area contributed by atoms with E-state index in [0.29, 0.717) is 11.2 Å². The van der Waals surface area contributed by atoms with Crippen LogP contribution in [0.2, 0.25) is 0 Å². The van der Waals surface area contributed by atoms with Crippen molar-refractivity contribution in [1.82, 2.24) is 10.3 Å². The minimum atomic E-state index is -3.81. The first-order valence-electron chi connectivity index (χ1n) is 7.13. The Labute approximate surface area is 134 Å². The lowest BCUT2D eigenvalue weighted by atomic mass is 9.86. The molecule has 1 heterocycles. The molecular weight excluding hydrogens is 314 g/mol. The summed E-state index contributed by atoms with van der Waals surface area (Å²) in [5, 5.41) is 7.37. The summed E-state index contributed by atoms with van der Waals surface area (Å²) >= 11 is 0. The van der Waals surface area contributed by atoms with E-state index in [-0.39, 0.29) is 15.8 Å². The molecule has 0 spiro atoms. The monoisotopic (exact) mass is 331 g/mol. The smallest absolute Gasteiger partial charge is 0.264 e. The number of sulfonamides is 1. The molecule has 3 rings (SSSR count). The van der Waals surface area contributed by atoms with Crippen molar-refractivity contribution in [2.24, 2.45) is 0 Å². The Morgan fingerprint density at radius 3 is 2.48 bits per heavy atom. The number of hydrogen-bond acceptors (Lipinski definition) is 5. The number of aromatic nitrogens is 2. The molecule has 0 amide bonds. The maximum atomic E-state index is 12.8. The molecule has 0 aliphatic rings. The highest BCUT2D eigenvalue weighted by atomic mass is 32.2. The average Bonchev–Trinajstić information content (AvgIpc) is 2.94. The lowest BCUT2D eigenvalue weighted by Gasteiger charge is -2.23. The second kappa shape index (κ2) is 5.34. The molecule has 0 bridgehead atoms. The van der Waals surface area contributed by atoms with Gasteiger partial charge in [-0.1, -0.05) is 45.0 Å². The Balaban J connectivity index is 2.08. The molecule has 6 nitrogen and oxygen atoms in total. The van der Waals surface area contributed by atoms with Crippen LogP contribution in [-0.2, 0) is 15.4 Å². The third-order valence-corrected chi connectivity index (χ3v) is 4.92. The van der Waals surface area contributed by atoms with E-state index in [9.17, 15) is 8.42 Å². The molecular formula is C16H17N3O3S. The van der Waals surface area contributed by atoms with E-state index >= 15 is 0 Å². The molecule has 0 fully saturated rings. The molecule has 3 aromatic rings.